The van der Waals surface area contributed by atoms with Crippen LogP contribution in [0.3, 0.4) is 0 Å². The molecule has 0 fully saturated rings. The summed E-state index contributed by atoms with van der Waals surface area (Å²) in [4.78, 5) is 23.4. The van der Waals surface area contributed by atoms with E-state index in [-0.39, 0.29) is 12.0 Å². The van der Waals surface area contributed by atoms with Gasteiger partial charge in [-0.3, -0.25) is 4.79 Å². The molecule has 0 unspecified atom stereocenters. The van der Waals surface area contributed by atoms with Crippen molar-refractivity contribution in [2.45, 2.75) is 33.3 Å². The molecular weight excluding hydrogens is 196 g/mol. The van der Waals surface area contributed by atoms with E-state index in [2.05, 4.69) is 5.32 Å². The molecule has 5 nitrogen and oxygen atoms in total. The number of carbonyl (C=O) groups is 2. The lowest BCUT2D eigenvalue weighted by Gasteiger charge is -2.24. The first-order valence-electron chi connectivity index (χ1n) is 4.91. The van der Waals surface area contributed by atoms with E-state index in [4.69, 9.17) is 4.74 Å². The molecule has 0 aliphatic rings. The molecule has 88 valence electrons. The minimum Gasteiger partial charge on any atom is -0.444 e. The van der Waals surface area contributed by atoms with Crippen LogP contribution in [-0.2, 0) is 9.53 Å². The highest BCUT2D eigenvalue weighted by Gasteiger charge is 2.18. The first-order chi connectivity index (χ1) is 6.72. The highest BCUT2D eigenvalue weighted by atomic mass is 16.6. The number of likely N-dealkylation sites (N-methyl/N-ethyl adjacent to an activating group) is 1. The van der Waals surface area contributed by atoms with Crippen molar-refractivity contribution in [2.75, 3.05) is 20.1 Å². The third-order valence-corrected chi connectivity index (χ3v) is 1.53. The van der Waals surface area contributed by atoms with Crippen LogP contribution in [0.25, 0.3) is 0 Å². The predicted molar refractivity (Wildman–Crippen MR) is 57.5 cm³/mol. The van der Waals surface area contributed by atoms with Crippen molar-refractivity contribution in [3.63, 3.8) is 0 Å². The van der Waals surface area contributed by atoms with E-state index in [1.165, 1.54) is 11.8 Å². The molecule has 2 amide bonds. The molecule has 0 spiro atoms. The Labute approximate surface area is 90.8 Å². The average Bonchev–Trinajstić information content (AvgIpc) is 1.99. The Kier molecular flexibility index (Phi) is 5.11. The van der Waals surface area contributed by atoms with Gasteiger partial charge in [0.1, 0.15) is 5.60 Å². The Morgan fingerprint density at radius 1 is 1.33 bits per heavy atom. The van der Waals surface area contributed by atoms with E-state index >= 15 is 0 Å². The van der Waals surface area contributed by atoms with E-state index in [0.717, 1.165) is 0 Å². The maximum Gasteiger partial charge on any atom is 0.410 e. The van der Waals surface area contributed by atoms with Gasteiger partial charge in [0.2, 0.25) is 5.91 Å². The fraction of sp³-hybridized carbons (Fsp3) is 0.800. The molecule has 0 bridgehead atoms. The summed E-state index contributed by atoms with van der Waals surface area (Å²) in [5.41, 5.74) is -0.487. The molecule has 0 heterocycles. The molecule has 5 heteroatoms. The van der Waals surface area contributed by atoms with Gasteiger partial charge in [-0.2, -0.15) is 0 Å². The molecule has 0 saturated heterocycles. The van der Waals surface area contributed by atoms with E-state index in [0.29, 0.717) is 13.1 Å². The fourth-order valence-electron chi connectivity index (χ4n) is 0.831. The van der Waals surface area contributed by atoms with Gasteiger partial charge in [-0.25, -0.2) is 4.79 Å². The zero-order valence-electron chi connectivity index (χ0n) is 10.1. The monoisotopic (exact) mass is 216 g/mol. The molecule has 0 atom stereocenters. The molecule has 0 aliphatic heterocycles. The Morgan fingerprint density at radius 2 is 1.87 bits per heavy atom. The maximum absolute atomic E-state index is 11.4. The van der Waals surface area contributed by atoms with Gasteiger partial charge >= 0.3 is 6.09 Å². The van der Waals surface area contributed by atoms with Crippen molar-refractivity contribution in [2.24, 2.45) is 0 Å². The van der Waals surface area contributed by atoms with Gasteiger partial charge in [0.05, 0.1) is 0 Å². The van der Waals surface area contributed by atoms with Crippen molar-refractivity contribution in [3.05, 3.63) is 0 Å². The van der Waals surface area contributed by atoms with Gasteiger partial charge < -0.3 is 15.0 Å². The third kappa shape index (κ3) is 7.78. The molecule has 0 aromatic rings. The van der Waals surface area contributed by atoms with Crippen LogP contribution in [0, 0.1) is 0 Å². The van der Waals surface area contributed by atoms with Crippen LogP contribution in [0.4, 0.5) is 4.79 Å². The Morgan fingerprint density at radius 3 is 2.27 bits per heavy atom. The van der Waals surface area contributed by atoms with Crippen molar-refractivity contribution in [1.82, 2.24) is 10.2 Å². The van der Waals surface area contributed by atoms with Crippen molar-refractivity contribution < 1.29 is 14.3 Å². The van der Waals surface area contributed by atoms with Gasteiger partial charge in [-0.1, -0.05) is 0 Å². The van der Waals surface area contributed by atoms with Gasteiger partial charge in [0, 0.05) is 27.1 Å². The number of hydrogen-bond acceptors (Lipinski definition) is 3. The molecule has 0 aliphatic carbocycles. The topological polar surface area (TPSA) is 58.6 Å². The van der Waals surface area contributed by atoms with Crippen LogP contribution < -0.4 is 5.32 Å². The lowest BCUT2D eigenvalue weighted by Crippen LogP contribution is -2.38. The lowest BCUT2D eigenvalue weighted by atomic mass is 10.2. The lowest BCUT2D eigenvalue weighted by molar-refractivity contribution is -0.119. The molecule has 15 heavy (non-hydrogen) atoms. The minimum absolute atomic E-state index is 0.104. The Balaban J connectivity index is 3.85. The number of ether oxygens (including phenoxy) is 1. The first-order valence-corrected chi connectivity index (χ1v) is 4.91. The van der Waals surface area contributed by atoms with Gasteiger partial charge in [0.25, 0.3) is 0 Å². The molecule has 0 radical (unpaired) electrons. The fourth-order valence-corrected chi connectivity index (χ4v) is 0.831. The Bertz CT molecular complexity index is 233. The zero-order valence-corrected chi connectivity index (χ0v) is 10.1. The number of carbonyl (C=O) groups excluding carboxylic acids is 2. The number of hydrogen-bond donors (Lipinski definition) is 1. The first kappa shape index (κ1) is 13.7. The molecule has 1 N–H and O–H groups in total. The molecule has 0 saturated carbocycles. The van der Waals surface area contributed by atoms with Gasteiger partial charge in [0.15, 0.2) is 0 Å². The SMILES string of the molecule is CC(=O)NCCN(C)C(=O)OC(C)(C)C. The largest absolute Gasteiger partial charge is 0.444 e. The predicted octanol–water partition coefficient (Wildman–Crippen LogP) is 0.989. The smallest absolute Gasteiger partial charge is 0.410 e. The highest BCUT2D eigenvalue weighted by molar-refractivity contribution is 5.73. The quantitative estimate of drug-likeness (QED) is 0.765. The van der Waals surface area contributed by atoms with Crippen LogP contribution in [-0.4, -0.2) is 42.6 Å². The average molecular weight is 216 g/mol. The standard InChI is InChI=1S/C10H20N2O3/c1-8(13)11-6-7-12(5)9(14)15-10(2,3)4/h6-7H2,1-5H3,(H,11,13). The number of rotatable bonds is 3. The van der Waals surface area contributed by atoms with Crippen LogP contribution in [0.5, 0.6) is 0 Å². The van der Waals surface area contributed by atoms with E-state index in [1.807, 2.05) is 20.8 Å². The summed E-state index contributed by atoms with van der Waals surface area (Å²) < 4.78 is 5.13. The van der Waals surface area contributed by atoms with Crippen LogP contribution in [0.1, 0.15) is 27.7 Å². The summed E-state index contributed by atoms with van der Waals surface area (Å²) in [6.07, 6.45) is -0.382. The van der Waals surface area contributed by atoms with Crippen LogP contribution in [0.2, 0.25) is 0 Å². The van der Waals surface area contributed by atoms with Crippen molar-refractivity contribution in [3.8, 4) is 0 Å². The second kappa shape index (κ2) is 5.58. The zero-order chi connectivity index (χ0) is 12.1. The van der Waals surface area contributed by atoms with Gasteiger partial charge in [-0.15, -0.1) is 0 Å². The van der Waals surface area contributed by atoms with Crippen LogP contribution >= 0.6 is 0 Å². The summed E-state index contributed by atoms with van der Waals surface area (Å²) >= 11 is 0. The summed E-state index contributed by atoms with van der Waals surface area (Å²) in [5, 5.41) is 2.61. The Hall–Kier alpha value is -1.26. The van der Waals surface area contributed by atoms with Crippen molar-refractivity contribution in [1.29, 1.82) is 0 Å². The molecule has 0 aromatic carbocycles. The molecule has 0 rings (SSSR count). The van der Waals surface area contributed by atoms with Crippen molar-refractivity contribution >= 4 is 12.0 Å². The van der Waals surface area contributed by atoms with Gasteiger partial charge in [-0.05, 0) is 20.8 Å². The second-order valence-electron chi connectivity index (χ2n) is 4.38. The number of amides is 2. The second-order valence-corrected chi connectivity index (χ2v) is 4.38. The summed E-state index contributed by atoms with van der Waals surface area (Å²) in [6, 6.07) is 0. The van der Waals surface area contributed by atoms with E-state index in [1.54, 1.807) is 7.05 Å². The van der Waals surface area contributed by atoms with Crippen LogP contribution in [0.15, 0.2) is 0 Å². The molecule has 0 aromatic heterocycles. The third-order valence-electron chi connectivity index (χ3n) is 1.53. The summed E-state index contributed by atoms with van der Waals surface area (Å²) in [7, 11) is 1.63. The summed E-state index contributed by atoms with van der Waals surface area (Å²) in [6.45, 7) is 7.75. The highest BCUT2D eigenvalue weighted by Crippen LogP contribution is 2.08. The molecular formula is C10H20N2O3. The minimum atomic E-state index is -0.487. The maximum atomic E-state index is 11.4. The number of nitrogens with one attached hydrogen (secondary N) is 1. The number of nitrogens with zero attached hydrogens (tertiary/aromatic N) is 1. The van der Waals surface area contributed by atoms with E-state index in [9.17, 15) is 9.59 Å². The summed E-state index contributed by atoms with van der Waals surface area (Å²) in [5.74, 6) is -0.104. The van der Waals surface area contributed by atoms with E-state index < -0.39 is 5.60 Å². The normalized spacial score (nSPS) is 10.7.